The van der Waals surface area contributed by atoms with Crippen molar-refractivity contribution in [1.29, 1.82) is 0 Å². The van der Waals surface area contributed by atoms with Gasteiger partial charge in [0.15, 0.2) is 0 Å². The summed E-state index contributed by atoms with van der Waals surface area (Å²) in [6.45, 7) is 2.11. The molecule has 2 aromatic rings. The maximum Gasteiger partial charge on any atom is 0.285 e. The van der Waals surface area contributed by atoms with Crippen molar-refractivity contribution in [2.24, 2.45) is 7.05 Å². The lowest BCUT2D eigenvalue weighted by molar-refractivity contribution is 0.610. The number of para-hydroxylation sites is 1. The van der Waals surface area contributed by atoms with Crippen molar-refractivity contribution < 1.29 is 0 Å². The van der Waals surface area contributed by atoms with Crippen LogP contribution in [0.1, 0.15) is 19.0 Å². The summed E-state index contributed by atoms with van der Waals surface area (Å²) in [5.74, 6) is 0. The van der Waals surface area contributed by atoms with E-state index in [9.17, 15) is 4.79 Å². The summed E-state index contributed by atoms with van der Waals surface area (Å²) in [5.41, 5.74) is 1.94. The van der Waals surface area contributed by atoms with Gasteiger partial charge in [0.05, 0.1) is 11.4 Å². The molecule has 0 bridgehead atoms. The Bertz CT molecular complexity index is 569. The van der Waals surface area contributed by atoms with Gasteiger partial charge in [-0.1, -0.05) is 31.5 Å². The molecule has 0 saturated heterocycles. The maximum atomic E-state index is 12.2. The highest BCUT2D eigenvalue weighted by atomic mass is 79.9. The van der Waals surface area contributed by atoms with Gasteiger partial charge in [0.1, 0.15) is 4.47 Å². The summed E-state index contributed by atoms with van der Waals surface area (Å²) >= 11 is 3.40. The second-order valence-corrected chi connectivity index (χ2v) is 4.78. The van der Waals surface area contributed by atoms with Gasteiger partial charge in [-0.2, -0.15) is 0 Å². The lowest BCUT2D eigenvalue weighted by Gasteiger charge is -2.09. The van der Waals surface area contributed by atoms with Gasteiger partial charge in [-0.25, -0.2) is 4.68 Å². The molecule has 1 heterocycles. The minimum absolute atomic E-state index is 0.00199. The normalized spacial score (nSPS) is 10.8. The first-order chi connectivity index (χ1) is 8.16. The fourth-order valence-corrected chi connectivity index (χ4v) is 2.61. The maximum absolute atomic E-state index is 12.2. The predicted molar refractivity (Wildman–Crippen MR) is 72.7 cm³/mol. The van der Waals surface area contributed by atoms with Crippen LogP contribution in [0.4, 0.5) is 0 Å². The highest BCUT2D eigenvalue weighted by Crippen LogP contribution is 2.17. The number of hydrogen-bond acceptors (Lipinski definition) is 1. The fourth-order valence-electron chi connectivity index (χ4n) is 1.98. The van der Waals surface area contributed by atoms with Crippen LogP contribution in [-0.2, 0) is 13.5 Å². The summed E-state index contributed by atoms with van der Waals surface area (Å²) in [4.78, 5) is 12.2. The summed E-state index contributed by atoms with van der Waals surface area (Å²) in [7, 11) is 1.92. The van der Waals surface area contributed by atoms with Crippen LogP contribution in [0, 0.1) is 0 Å². The lowest BCUT2D eigenvalue weighted by atomic mass is 10.2. The third kappa shape index (κ3) is 2.09. The molecule has 0 unspecified atom stereocenters. The Morgan fingerprint density at radius 1 is 1.24 bits per heavy atom. The van der Waals surface area contributed by atoms with E-state index in [2.05, 4.69) is 22.9 Å². The molecule has 0 saturated carbocycles. The van der Waals surface area contributed by atoms with Crippen molar-refractivity contribution in [3.05, 3.63) is 50.9 Å². The molecule has 90 valence electrons. The number of nitrogens with zero attached hydrogens (tertiary/aromatic N) is 2. The molecule has 0 fully saturated rings. The Morgan fingerprint density at radius 2 is 1.88 bits per heavy atom. The van der Waals surface area contributed by atoms with E-state index in [1.807, 2.05) is 42.1 Å². The summed E-state index contributed by atoms with van der Waals surface area (Å²) in [5, 5.41) is 0. The smallest absolute Gasteiger partial charge is 0.284 e. The third-order valence-corrected chi connectivity index (χ3v) is 3.61. The van der Waals surface area contributed by atoms with E-state index >= 15 is 0 Å². The number of halogens is 1. The van der Waals surface area contributed by atoms with E-state index in [1.165, 1.54) is 0 Å². The molecule has 0 aliphatic rings. The van der Waals surface area contributed by atoms with Gasteiger partial charge < -0.3 is 0 Å². The highest BCUT2D eigenvalue weighted by molar-refractivity contribution is 9.10. The molecule has 0 N–H and O–H groups in total. The molecule has 2 rings (SSSR count). The fraction of sp³-hybridized carbons (Fsp3) is 0.308. The highest BCUT2D eigenvalue weighted by Gasteiger charge is 2.15. The molecular formula is C13H15BrN2O. The van der Waals surface area contributed by atoms with E-state index in [4.69, 9.17) is 0 Å². The molecule has 1 aromatic carbocycles. The van der Waals surface area contributed by atoms with Crippen LogP contribution in [0.5, 0.6) is 0 Å². The molecular weight excluding hydrogens is 280 g/mol. The molecule has 4 heteroatoms. The molecule has 3 nitrogen and oxygen atoms in total. The SMILES string of the molecule is CCCc1c(Br)c(=O)n(-c2ccccc2)n1C. The van der Waals surface area contributed by atoms with Crippen LogP contribution >= 0.6 is 15.9 Å². The molecule has 0 amide bonds. The Hall–Kier alpha value is -1.29. The molecule has 17 heavy (non-hydrogen) atoms. The van der Waals surface area contributed by atoms with Crippen molar-refractivity contribution in [2.45, 2.75) is 19.8 Å². The van der Waals surface area contributed by atoms with Crippen LogP contribution in [0.2, 0.25) is 0 Å². The lowest BCUT2D eigenvalue weighted by Crippen LogP contribution is -2.19. The van der Waals surface area contributed by atoms with Crippen molar-refractivity contribution in [3.8, 4) is 5.69 Å². The average Bonchev–Trinajstić information content (AvgIpc) is 2.55. The summed E-state index contributed by atoms with van der Waals surface area (Å²) < 4.78 is 4.28. The van der Waals surface area contributed by atoms with Crippen LogP contribution in [-0.4, -0.2) is 9.36 Å². The zero-order chi connectivity index (χ0) is 12.4. The molecule has 0 spiro atoms. The van der Waals surface area contributed by atoms with Crippen LogP contribution in [0.25, 0.3) is 5.69 Å². The minimum Gasteiger partial charge on any atom is -0.284 e. The largest absolute Gasteiger partial charge is 0.285 e. The van der Waals surface area contributed by atoms with Gasteiger partial charge in [-0.05, 0) is 34.5 Å². The Labute approximate surface area is 109 Å². The van der Waals surface area contributed by atoms with E-state index in [1.54, 1.807) is 4.68 Å². The third-order valence-electron chi connectivity index (χ3n) is 2.81. The van der Waals surface area contributed by atoms with Crippen LogP contribution < -0.4 is 5.56 Å². The first-order valence-electron chi connectivity index (χ1n) is 5.68. The Balaban J connectivity index is 2.64. The second kappa shape index (κ2) is 4.92. The average molecular weight is 295 g/mol. The first kappa shape index (κ1) is 12.2. The van der Waals surface area contributed by atoms with E-state index in [-0.39, 0.29) is 5.56 Å². The number of rotatable bonds is 3. The first-order valence-corrected chi connectivity index (χ1v) is 6.48. The molecule has 0 aliphatic carbocycles. The molecule has 0 atom stereocenters. The van der Waals surface area contributed by atoms with Crippen LogP contribution in [0.15, 0.2) is 39.6 Å². The van der Waals surface area contributed by atoms with E-state index in [0.717, 1.165) is 24.2 Å². The molecule has 0 radical (unpaired) electrons. The Kier molecular flexibility index (Phi) is 3.52. The number of aromatic nitrogens is 2. The van der Waals surface area contributed by atoms with Gasteiger partial charge in [0.2, 0.25) is 0 Å². The summed E-state index contributed by atoms with van der Waals surface area (Å²) in [6, 6.07) is 9.68. The van der Waals surface area contributed by atoms with E-state index < -0.39 is 0 Å². The van der Waals surface area contributed by atoms with Gasteiger partial charge >= 0.3 is 0 Å². The number of benzene rings is 1. The second-order valence-electron chi connectivity index (χ2n) is 3.99. The Morgan fingerprint density at radius 3 is 2.47 bits per heavy atom. The summed E-state index contributed by atoms with van der Waals surface area (Å²) in [6.07, 6.45) is 1.91. The van der Waals surface area contributed by atoms with Crippen molar-refractivity contribution in [2.75, 3.05) is 0 Å². The topological polar surface area (TPSA) is 26.9 Å². The zero-order valence-electron chi connectivity index (χ0n) is 9.98. The van der Waals surface area contributed by atoms with E-state index in [0.29, 0.717) is 4.47 Å². The van der Waals surface area contributed by atoms with Gasteiger partial charge in [0.25, 0.3) is 5.56 Å². The quantitative estimate of drug-likeness (QED) is 0.855. The van der Waals surface area contributed by atoms with Crippen molar-refractivity contribution in [3.63, 3.8) is 0 Å². The van der Waals surface area contributed by atoms with Gasteiger partial charge in [-0.15, -0.1) is 0 Å². The number of hydrogen-bond donors (Lipinski definition) is 0. The van der Waals surface area contributed by atoms with Gasteiger partial charge in [-0.3, -0.25) is 9.48 Å². The van der Waals surface area contributed by atoms with Gasteiger partial charge in [0, 0.05) is 7.05 Å². The minimum atomic E-state index is 0.00199. The van der Waals surface area contributed by atoms with Crippen molar-refractivity contribution in [1.82, 2.24) is 9.36 Å². The molecule has 1 aromatic heterocycles. The molecule has 0 aliphatic heterocycles. The van der Waals surface area contributed by atoms with Crippen molar-refractivity contribution >= 4 is 15.9 Å². The predicted octanol–water partition coefficient (Wildman–Crippen LogP) is 2.89. The van der Waals surface area contributed by atoms with Crippen LogP contribution in [0.3, 0.4) is 0 Å². The zero-order valence-corrected chi connectivity index (χ0v) is 11.6. The monoisotopic (exact) mass is 294 g/mol. The standard InChI is InChI=1S/C13H15BrN2O/c1-3-7-11-12(14)13(17)16(15(11)2)10-8-5-4-6-9-10/h4-6,8-9H,3,7H2,1-2H3.